The van der Waals surface area contributed by atoms with Gasteiger partial charge < -0.3 is 0 Å². The van der Waals surface area contributed by atoms with Crippen LogP contribution in [0.15, 0.2) is 48.5 Å². The van der Waals surface area contributed by atoms with Crippen LogP contribution in [-0.4, -0.2) is 0 Å². The van der Waals surface area contributed by atoms with Gasteiger partial charge in [-0.05, 0) is 61.2 Å². The van der Waals surface area contributed by atoms with E-state index in [2.05, 4.69) is 86.1 Å². The van der Waals surface area contributed by atoms with Gasteiger partial charge >= 0.3 is 0 Å². The van der Waals surface area contributed by atoms with Crippen molar-refractivity contribution in [2.24, 2.45) is 0 Å². The molecule has 0 saturated heterocycles. The molecule has 0 fully saturated rings. The fourth-order valence-corrected chi connectivity index (χ4v) is 2.93. The lowest BCUT2D eigenvalue weighted by molar-refractivity contribution is 0.607. The molecule has 0 spiro atoms. The molecule has 0 bridgehead atoms. The minimum absolute atomic E-state index is 0.955. The van der Waals surface area contributed by atoms with Crippen molar-refractivity contribution >= 4 is 0 Å². The summed E-state index contributed by atoms with van der Waals surface area (Å²) in [5.74, 6) is 12.9. The van der Waals surface area contributed by atoms with Crippen molar-refractivity contribution in [3.05, 3.63) is 70.8 Å². The first-order valence-electron chi connectivity index (χ1n) is 10.5. The first kappa shape index (κ1) is 20.9. The molecule has 0 nitrogen and oxygen atoms in total. The molecule has 0 saturated carbocycles. The van der Waals surface area contributed by atoms with Crippen LogP contribution in [-0.2, 0) is 6.42 Å². The zero-order valence-electron chi connectivity index (χ0n) is 17.0. The molecule has 0 aromatic heterocycles. The average molecular weight is 357 g/mol. The van der Waals surface area contributed by atoms with E-state index in [1.165, 1.54) is 50.5 Å². The number of rotatable bonds is 8. The molecule has 2 aromatic carbocycles. The van der Waals surface area contributed by atoms with Gasteiger partial charge in [-0.1, -0.05) is 81.8 Å². The quantitative estimate of drug-likeness (QED) is 0.348. The Morgan fingerprint density at radius 1 is 0.556 bits per heavy atom. The van der Waals surface area contributed by atoms with Crippen molar-refractivity contribution in [2.45, 2.75) is 71.6 Å². The summed E-state index contributed by atoms with van der Waals surface area (Å²) in [4.78, 5) is 0. The third kappa shape index (κ3) is 8.66. The number of hydrogen-bond donors (Lipinski definition) is 0. The van der Waals surface area contributed by atoms with Gasteiger partial charge in [-0.25, -0.2) is 0 Å². The molecule has 0 amide bonds. The summed E-state index contributed by atoms with van der Waals surface area (Å²) in [6, 6.07) is 16.9. The smallest absolute Gasteiger partial charge is 0.0249 e. The van der Waals surface area contributed by atoms with Crippen LogP contribution >= 0.6 is 0 Å². The third-order valence-electron chi connectivity index (χ3n) is 4.62. The number of aryl methyl sites for hydroxylation is 1. The zero-order chi connectivity index (χ0) is 19.2. The molecular formula is C27H32. The molecule has 0 aliphatic heterocycles. The molecule has 0 atom stereocenters. The Balaban J connectivity index is 1.82. The molecule has 2 rings (SSSR count). The lowest BCUT2D eigenvalue weighted by Crippen LogP contribution is -1.87. The van der Waals surface area contributed by atoms with Crippen molar-refractivity contribution in [1.29, 1.82) is 0 Å². The number of benzene rings is 2. The molecule has 2 aromatic rings. The van der Waals surface area contributed by atoms with Crippen LogP contribution in [0.3, 0.4) is 0 Å². The highest BCUT2D eigenvalue weighted by Gasteiger charge is 1.95. The molecule has 0 unspecified atom stereocenters. The largest absolute Gasteiger partial charge is 0.0979 e. The van der Waals surface area contributed by atoms with Crippen LogP contribution in [0.5, 0.6) is 0 Å². The van der Waals surface area contributed by atoms with Crippen LogP contribution in [0, 0.1) is 23.7 Å². The first-order chi connectivity index (χ1) is 13.3. The van der Waals surface area contributed by atoms with Crippen LogP contribution in [0.1, 0.15) is 87.5 Å². The minimum Gasteiger partial charge on any atom is -0.0979 e. The summed E-state index contributed by atoms with van der Waals surface area (Å²) >= 11 is 0. The lowest BCUT2D eigenvalue weighted by atomic mass is 10.0. The number of unbranched alkanes of at least 4 members (excludes halogenated alkanes) is 6. The molecule has 0 N–H and O–H groups in total. The van der Waals surface area contributed by atoms with Crippen LogP contribution in [0.25, 0.3) is 0 Å². The van der Waals surface area contributed by atoms with Gasteiger partial charge in [-0.3, -0.25) is 0 Å². The summed E-state index contributed by atoms with van der Waals surface area (Å²) in [5, 5.41) is 0. The van der Waals surface area contributed by atoms with Gasteiger partial charge in [-0.15, -0.1) is 0 Å². The second kappa shape index (κ2) is 12.8. The molecule has 0 heteroatoms. The van der Waals surface area contributed by atoms with Gasteiger partial charge in [0.25, 0.3) is 0 Å². The maximum atomic E-state index is 3.26. The van der Waals surface area contributed by atoms with Crippen LogP contribution in [0.4, 0.5) is 0 Å². The summed E-state index contributed by atoms with van der Waals surface area (Å²) in [5.41, 5.74) is 4.60. The predicted octanol–water partition coefficient (Wildman–Crippen LogP) is 7.14. The maximum Gasteiger partial charge on any atom is 0.0249 e. The molecule has 0 radical (unpaired) electrons. The Morgan fingerprint density at radius 2 is 1.07 bits per heavy atom. The topological polar surface area (TPSA) is 0 Å². The maximum absolute atomic E-state index is 3.26. The molecule has 0 heterocycles. The van der Waals surface area contributed by atoms with Gasteiger partial charge in [-0.2, -0.15) is 0 Å². The van der Waals surface area contributed by atoms with Crippen molar-refractivity contribution < 1.29 is 0 Å². The van der Waals surface area contributed by atoms with E-state index in [-0.39, 0.29) is 0 Å². The van der Waals surface area contributed by atoms with E-state index in [0.717, 1.165) is 29.5 Å². The average Bonchev–Trinajstić information content (AvgIpc) is 2.71. The summed E-state index contributed by atoms with van der Waals surface area (Å²) < 4.78 is 0. The van der Waals surface area contributed by atoms with E-state index in [1.807, 2.05) is 0 Å². The zero-order valence-corrected chi connectivity index (χ0v) is 17.0. The van der Waals surface area contributed by atoms with E-state index < -0.39 is 0 Å². The van der Waals surface area contributed by atoms with E-state index in [1.54, 1.807) is 0 Å². The number of hydrogen-bond acceptors (Lipinski definition) is 0. The summed E-state index contributed by atoms with van der Waals surface area (Å²) in [6.45, 7) is 4.41. The lowest BCUT2D eigenvalue weighted by Gasteiger charge is -2.02. The van der Waals surface area contributed by atoms with Gasteiger partial charge in [0, 0.05) is 23.1 Å². The highest BCUT2D eigenvalue weighted by molar-refractivity contribution is 5.46. The van der Waals surface area contributed by atoms with E-state index in [9.17, 15) is 0 Å². The first-order valence-corrected chi connectivity index (χ1v) is 10.5. The second-order valence-electron chi connectivity index (χ2n) is 7.09. The fourth-order valence-electron chi connectivity index (χ4n) is 2.93. The van der Waals surface area contributed by atoms with E-state index in [0.29, 0.717) is 0 Å². The third-order valence-corrected chi connectivity index (χ3v) is 4.62. The van der Waals surface area contributed by atoms with Gasteiger partial charge in [0.1, 0.15) is 0 Å². The van der Waals surface area contributed by atoms with Gasteiger partial charge in [0.2, 0.25) is 0 Å². The Hall–Kier alpha value is -2.44. The Morgan fingerprint density at radius 3 is 1.67 bits per heavy atom. The Labute approximate surface area is 166 Å². The predicted molar refractivity (Wildman–Crippen MR) is 118 cm³/mol. The molecule has 27 heavy (non-hydrogen) atoms. The van der Waals surface area contributed by atoms with Crippen LogP contribution < -0.4 is 0 Å². The molecular weight excluding hydrogens is 324 g/mol. The van der Waals surface area contributed by atoms with Crippen molar-refractivity contribution in [3.8, 4) is 23.7 Å². The van der Waals surface area contributed by atoms with Crippen molar-refractivity contribution in [3.63, 3.8) is 0 Å². The van der Waals surface area contributed by atoms with Gasteiger partial charge in [0.05, 0.1) is 0 Å². The summed E-state index contributed by atoms with van der Waals surface area (Å²) in [7, 11) is 0. The van der Waals surface area contributed by atoms with Crippen molar-refractivity contribution in [2.75, 3.05) is 0 Å². The van der Waals surface area contributed by atoms with Crippen molar-refractivity contribution in [1.82, 2.24) is 0 Å². The van der Waals surface area contributed by atoms with Gasteiger partial charge in [0.15, 0.2) is 0 Å². The molecule has 0 aliphatic carbocycles. The highest BCUT2D eigenvalue weighted by Crippen LogP contribution is 2.11. The SMILES string of the molecule is CCCC#Cc1ccc(C#Cc2ccc(CCCCCCCC)cc2)cc1. The summed E-state index contributed by atoms with van der Waals surface area (Å²) in [6.07, 6.45) is 11.3. The molecule has 0 aliphatic rings. The standard InChI is InChI=1S/C27H32/c1-3-5-7-8-9-11-13-25-16-20-27(21-17-25)23-22-26-18-14-24(15-19-26)12-10-6-4-2/h14-21H,3-9,11,13H2,1-2H3. The highest BCUT2D eigenvalue weighted by atomic mass is 14.0. The normalized spacial score (nSPS) is 9.85. The fraction of sp³-hybridized carbons (Fsp3) is 0.407. The Kier molecular flexibility index (Phi) is 9.92. The Bertz CT molecular complexity index is 770. The van der Waals surface area contributed by atoms with E-state index >= 15 is 0 Å². The minimum atomic E-state index is 0.955. The van der Waals surface area contributed by atoms with E-state index in [4.69, 9.17) is 0 Å². The van der Waals surface area contributed by atoms with Crippen LogP contribution in [0.2, 0.25) is 0 Å². The second-order valence-corrected chi connectivity index (χ2v) is 7.09. The monoisotopic (exact) mass is 356 g/mol. The molecule has 140 valence electrons.